The van der Waals surface area contributed by atoms with Gasteiger partial charge in [-0.25, -0.2) is 0 Å². The van der Waals surface area contributed by atoms with Crippen molar-refractivity contribution in [3.63, 3.8) is 0 Å². The van der Waals surface area contributed by atoms with Crippen LogP contribution in [0, 0.1) is 5.41 Å². The van der Waals surface area contributed by atoms with Crippen molar-refractivity contribution in [1.82, 2.24) is 5.32 Å². The molecule has 0 unspecified atom stereocenters. The Balaban J connectivity index is 2.50. The van der Waals surface area contributed by atoms with Crippen LogP contribution in [0.1, 0.15) is 13.3 Å². The number of alkyl halides is 2. The van der Waals surface area contributed by atoms with E-state index in [0.29, 0.717) is 6.54 Å². The molecule has 0 aromatic heterocycles. The third-order valence-electron chi connectivity index (χ3n) is 2.17. The molecule has 2 nitrogen and oxygen atoms in total. The molecule has 12 heavy (non-hydrogen) atoms. The lowest BCUT2D eigenvalue weighted by molar-refractivity contribution is -0.125. The fourth-order valence-electron chi connectivity index (χ4n) is 1.01. The standard InChI is InChI=1S/C8H11Br2NO/c1-3-4-11-6(12)7(2)5-8(7,9)10/h3H,1,4-5H2,2H3,(H,11,12)/t7-/m1/s1. The lowest BCUT2D eigenvalue weighted by atomic mass is 10.1. The quantitative estimate of drug-likeness (QED) is 0.628. The number of carbonyl (C=O) groups excluding carboxylic acids is 1. The number of hydrogen-bond acceptors (Lipinski definition) is 1. The summed E-state index contributed by atoms with van der Waals surface area (Å²) in [5, 5.41) is 2.77. The van der Waals surface area contributed by atoms with Crippen LogP contribution in [-0.4, -0.2) is 15.7 Å². The van der Waals surface area contributed by atoms with Gasteiger partial charge < -0.3 is 5.32 Å². The summed E-state index contributed by atoms with van der Waals surface area (Å²) >= 11 is 6.86. The van der Waals surface area contributed by atoms with Crippen molar-refractivity contribution >= 4 is 37.8 Å². The molecule has 0 bridgehead atoms. The molecule has 1 aliphatic carbocycles. The zero-order valence-electron chi connectivity index (χ0n) is 6.86. The Morgan fingerprint density at radius 2 is 2.25 bits per heavy atom. The smallest absolute Gasteiger partial charge is 0.228 e. The third kappa shape index (κ3) is 1.59. The molecular formula is C8H11Br2NO. The van der Waals surface area contributed by atoms with Crippen molar-refractivity contribution < 1.29 is 4.79 Å². The molecule has 1 N–H and O–H groups in total. The summed E-state index contributed by atoms with van der Waals surface area (Å²) in [4.78, 5) is 11.5. The minimum atomic E-state index is -0.310. The maximum absolute atomic E-state index is 11.5. The van der Waals surface area contributed by atoms with Crippen molar-refractivity contribution in [2.45, 2.75) is 16.6 Å². The van der Waals surface area contributed by atoms with E-state index in [1.54, 1.807) is 6.08 Å². The highest BCUT2D eigenvalue weighted by Gasteiger charge is 2.66. The molecular weight excluding hydrogens is 286 g/mol. The second kappa shape index (κ2) is 3.14. The van der Waals surface area contributed by atoms with Gasteiger partial charge in [-0.05, 0) is 13.3 Å². The number of rotatable bonds is 3. The third-order valence-corrected chi connectivity index (χ3v) is 4.48. The van der Waals surface area contributed by atoms with Gasteiger partial charge in [0.2, 0.25) is 5.91 Å². The number of amides is 1. The molecule has 1 atom stereocenters. The Labute approximate surface area is 89.0 Å². The molecule has 1 fully saturated rings. The average Bonchev–Trinajstić information content (AvgIpc) is 2.48. The van der Waals surface area contributed by atoms with E-state index in [0.717, 1.165) is 6.42 Å². The van der Waals surface area contributed by atoms with Crippen LogP contribution < -0.4 is 5.32 Å². The summed E-state index contributed by atoms with van der Waals surface area (Å²) in [6.45, 7) is 5.99. The average molecular weight is 297 g/mol. The van der Waals surface area contributed by atoms with Gasteiger partial charge in [-0.15, -0.1) is 6.58 Å². The first-order chi connectivity index (χ1) is 5.44. The van der Waals surface area contributed by atoms with Gasteiger partial charge >= 0.3 is 0 Å². The highest BCUT2D eigenvalue weighted by molar-refractivity contribution is 9.25. The van der Waals surface area contributed by atoms with E-state index in [4.69, 9.17) is 0 Å². The Morgan fingerprint density at radius 3 is 2.58 bits per heavy atom. The van der Waals surface area contributed by atoms with E-state index in [-0.39, 0.29) is 14.6 Å². The SMILES string of the molecule is C=CCNC(=O)[C@@]1(C)CC1(Br)Br. The maximum Gasteiger partial charge on any atom is 0.228 e. The molecule has 68 valence electrons. The number of carbonyl (C=O) groups is 1. The van der Waals surface area contributed by atoms with Gasteiger partial charge in [-0.2, -0.15) is 0 Å². The normalized spacial score (nSPS) is 30.9. The zero-order valence-corrected chi connectivity index (χ0v) is 10.0. The van der Waals surface area contributed by atoms with E-state index in [9.17, 15) is 4.79 Å². The summed E-state index contributed by atoms with van der Waals surface area (Å²) in [6, 6.07) is 0. The molecule has 0 aromatic carbocycles. The fourth-order valence-corrected chi connectivity index (χ4v) is 2.49. The molecule has 1 rings (SSSR count). The second-order valence-electron chi connectivity index (χ2n) is 3.21. The van der Waals surface area contributed by atoms with Gasteiger partial charge in [0.15, 0.2) is 0 Å². The summed E-state index contributed by atoms with van der Waals surface area (Å²) < 4.78 is -0.196. The Morgan fingerprint density at radius 1 is 1.75 bits per heavy atom. The number of halogens is 2. The van der Waals surface area contributed by atoms with Crippen molar-refractivity contribution in [2.75, 3.05) is 6.54 Å². The first kappa shape index (κ1) is 10.3. The van der Waals surface area contributed by atoms with Gasteiger partial charge in [0.05, 0.1) is 8.65 Å². The van der Waals surface area contributed by atoms with E-state index in [2.05, 4.69) is 43.8 Å². The summed E-state index contributed by atoms with van der Waals surface area (Å²) in [6.07, 6.45) is 2.50. The topological polar surface area (TPSA) is 29.1 Å². The van der Waals surface area contributed by atoms with Crippen LogP contribution in [-0.2, 0) is 4.79 Å². The van der Waals surface area contributed by atoms with Crippen LogP contribution in [0.4, 0.5) is 0 Å². The van der Waals surface area contributed by atoms with Crippen molar-refractivity contribution in [3.8, 4) is 0 Å². The lowest BCUT2D eigenvalue weighted by Crippen LogP contribution is -2.33. The Bertz CT molecular complexity index is 227. The summed E-state index contributed by atoms with van der Waals surface area (Å²) in [7, 11) is 0. The van der Waals surface area contributed by atoms with Gasteiger partial charge in [0, 0.05) is 6.54 Å². The summed E-state index contributed by atoms with van der Waals surface area (Å²) in [5.74, 6) is 0.0659. The molecule has 0 radical (unpaired) electrons. The van der Waals surface area contributed by atoms with Gasteiger partial charge in [0.1, 0.15) is 0 Å². The minimum Gasteiger partial charge on any atom is -0.352 e. The van der Waals surface area contributed by atoms with Crippen LogP contribution in [0.25, 0.3) is 0 Å². The number of hydrogen-bond donors (Lipinski definition) is 1. The van der Waals surface area contributed by atoms with Crippen LogP contribution in [0.5, 0.6) is 0 Å². The maximum atomic E-state index is 11.5. The van der Waals surface area contributed by atoms with E-state index < -0.39 is 0 Å². The van der Waals surface area contributed by atoms with E-state index in [1.165, 1.54) is 0 Å². The summed E-state index contributed by atoms with van der Waals surface area (Å²) in [5.41, 5.74) is -0.310. The molecule has 0 saturated heterocycles. The molecule has 0 aromatic rings. The monoisotopic (exact) mass is 295 g/mol. The second-order valence-corrected chi connectivity index (χ2v) is 6.98. The van der Waals surface area contributed by atoms with E-state index >= 15 is 0 Å². The predicted octanol–water partition coefficient (Wildman–Crippen LogP) is 2.18. The minimum absolute atomic E-state index is 0.0659. The van der Waals surface area contributed by atoms with Crippen LogP contribution in [0.3, 0.4) is 0 Å². The van der Waals surface area contributed by atoms with Crippen molar-refractivity contribution in [3.05, 3.63) is 12.7 Å². The lowest BCUT2D eigenvalue weighted by Gasteiger charge is -2.11. The van der Waals surface area contributed by atoms with Crippen LogP contribution >= 0.6 is 31.9 Å². The Kier molecular flexibility index (Phi) is 2.69. The largest absolute Gasteiger partial charge is 0.352 e. The van der Waals surface area contributed by atoms with Gasteiger partial charge in [-0.3, -0.25) is 4.79 Å². The molecule has 1 amide bonds. The highest BCUT2D eigenvalue weighted by atomic mass is 79.9. The van der Waals surface area contributed by atoms with Gasteiger partial charge in [0.25, 0.3) is 0 Å². The molecule has 0 heterocycles. The number of nitrogens with one attached hydrogen (secondary N) is 1. The first-order valence-electron chi connectivity index (χ1n) is 3.71. The van der Waals surface area contributed by atoms with Crippen molar-refractivity contribution in [1.29, 1.82) is 0 Å². The first-order valence-corrected chi connectivity index (χ1v) is 5.30. The molecule has 4 heteroatoms. The van der Waals surface area contributed by atoms with Crippen LogP contribution in [0.2, 0.25) is 0 Å². The van der Waals surface area contributed by atoms with E-state index in [1.807, 2.05) is 6.92 Å². The molecule has 0 spiro atoms. The predicted molar refractivity (Wildman–Crippen MR) is 56.5 cm³/mol. The fraction of sp³-hybridized carbons (Fsp3) is 0.625. The highest BCUT2D eigenvalue weighted by Crippen LogP contribution is 2.66. The van der Waals surface area contributed by atoms with Crippen molar-refractivity contribution in [2.24, 2.45) is 5.41 Å². The molecule has 0 aliphatic heterocycles. The van der Waals surface area contributed by atoms with Crippen LogP contribution in [0.15, 0.2) is 12.7 Å². The molecule has 1 saturated carbocycles. The van der Waals surface area contributed by atoms with Gasteiger partial charge in [-0.1, -0.05) is 37.9 Å². The molecule has 1 aliphatic rings. The Hall–Kier alpha value is 0.170. The zero-order chi connectivity index (χ0) is 9.41.